The van der Waals surface area contributed by atoms with Crippen molar-refractivity contribution >= 4 is 17.6 Å². The zero-order valence-corrected chi connectivity index (χ0v) is 12.1. The molecule has 0 spiro atoms. The third kappa shape index (κ3) is 3.05. The van der Waals surface area contributed by atoms with Crippen LogP contribution in [0.2, 0.25) is 0 Å². The van der Waals surface area contributed by atoms with E-state index in [0.29, 0.717) is 11.5 Å². The van der Waals surface area contributed by atoms with E-state index >= 15 is 0 Å². The third-order valence-corrected chi connectivity index (χ3v) is 3.48. The molecule has 0 saturated heterocycles. The van der Waals surface area contributed by atoms with E-state index < -0.39 is 17.7 Å². The Balaban J connectivity index is 2.10. The number of rotatable bonds is 3. The summed E-state index contributed by atoms with van der Waals surface area (Å²) in [5, 5.41) is 9.41. The summed E-state index contributed by atoms with van der Waals surface area (Å²) in [6.45, 7) is 0.0157. The average molecular weight is 336 g/mol. The smallest absolute Gasteiger partial charge is 0.416 e. The minimum absolute atomic E-state index is 0.0157. The van der Waals surface area contributed by atoms with Crippen molar-refractivity contribution in [2.75, 3.05) is 6.79 Å². The third-order valence-electron chi connectivity index (χ3n) is 3.48. The normalized spacial score (nSPS) is 13.9. The van der Waals surface area contributed by atoms with Crippen LogP contribution in [0.3, 0.4) is 0 Å². The topological polar surface area (TPSA) is 55.8 Å². The number of ether oxygens (including phenoxy) is 2. The van der Waals surface area contributed by atoms with E-state index in [-0.39, 0.29) is 23.5 Å². The molecule has 0 unspecified atom stereocenters. The zero-order valence-electron chi connectivity index (χ0n) is 12.1. The molecule has 24 heavy (non-hydrogen) atoms. The van der Waals surface area contributed by atoms with Crippen LogP contribution in [0, 0.1) is 0 Å². The van der Waals surface area contributed by atoms with Gasteiger partial charge in [0.2, 0.25) is 6.79 Å². The second-order valence-corrected chi connectivity index (χ2v) is 5.02. The first-order chi connectivity index (χ1) is 11.4. The van der Waals surface area contributed by atoms with E-state index in [2.05, 4.69) is 0 Å². The minimum Gasteiger partial charge on any atom is -0.478 e. The summed E-state index contributed by atoms with van der Waals surface area (Å²) in [6, 6.07) is 9.21. The Bertz CT molecular complexity index is 825. The summed E-state index contributed by atoms with van der Waals surface area (Å²) in [6.07, 6.45) is -3.58. The first-order valence-corrected chi connectivity index (χ1v) is 6.87. The van der Waals surface area contributed by atoms with Crippen molar-refractivity contribution in [1.82, 2.24) is 0 Å². The van der Waals surface area contributed by atoms with Gasteiger partial charge < -0.3 is 14.6 Å². The van der Waals surface area contributed by atoms with Crippen molar-refractivity contribution < 1.29 is 32.5 Å². The molecule has 3 rings (SSSR count). The largest absolute Gasteiger partial charge is 0.478 e. The van der Waals surface area contributed by atoms with Crippen molar-refractivity contribution in [3.05, 3.63) is 59.2 Å². The molecule has 7 heteroatoms. The summed E-state index contributed by atoms with van der Waals surface area (Å²) < 4.78 is 49.5. The molecule has 1 aliphatic rings. The highest BCUT2D eigenvalue weighted by Gasteiger charge is 2.32. The molecule has 0 atom stereocenters. The average Bonchev–Trinajstić information content (AvgIpc) is 2.99. The van der Waals surface area contributed by atoms with E-state index in [0.717, 1.165) is 12.1 Å². The molecule has 0 amide bonds. The fourth-order valence-corrected chi connectivity index (χ4v) is 2.37. The molecule has 1 heterocycles. The van der Waals surface area contributed by atoms with E-state index in [1.807, 2.05) is 0 Å². The van der Waals surface area contributed by atoms with Crippen LogP contribution in [0.15, 0.2) is 42.5 Å². The second kappa shape index (κ2) is 5.92. The van der Waals surface area contributed by atoms with E-state index in [1.165, 1.54) is 36.4 Å². The molecule has 2 aromatic carbocycles. The highest BCUT2D eigenvalue weighted by Crippen LogP contribution is 2.37. The first kappa shape index (κ1) is 15.9. The van der Waals surface area contributed by atoms with Gasteiger partial charge in [0.15, 0.2) is 11.5 Å². The SMILES string of the molecule is O=C(O)/C(=C\c1ccccc1C(F)(F)F)c1ccc2c(c1)OCO2. The second-order valence-electron chi connectivity index (χ2n) is 5.02. The van der Waals surface area contributed by atoms with Gasteiger partial charge in [-0.05, 0) is 35.4 Å². The maximum Gasteiger partial charge on any atom is 0.416 e. The van der Waals surface area contributed by atoms with Crippen molar-refractivity contribution in [2.45, 2.75) is 6.18 Å². The molecule has 2 aromatic rings. The van der Waals surface area contributed by atoms with Crippen LogP contribution in [-0.2, 0) is 11.0 Å². The molecule has 0 aromatic heterocycles. The van der Waals surface area contributed by atoms with Crippen LogP contribution < -0.4 is 9.47 Å². The van der Waals surface area contributed by atoms with Gasteiger partial charge in [0.05, 0.1) is 11.1 Å². The maximum atomic E-state index is 13.1. The van der Waals surface area contributed by atoms with Gasteiger partial charge in [0, 0.05) is 0 Å². The molecule has 0 radical (unpaired) electrons. The Labute approximate surface area is 134 Å². The highest BCUT2D eigenvalue weighted by molar-refractivity contribution is 6.20. The molecular weight excluding hydrogens is 325 g/mol. The number of aliphatic carboxylic acids is 1. The number of hydrogen-bond acceptors (Lipinski definition) is 3. The van der Waals surface area contributed by atoms with Gasteiger partial charge in [-0.2, -0.15) is 13.2 Å². The quantitative estimate of drug-likeness (QED) is 0.678. The lowest BCUT2D eigenvalue weighted by atomic mass is 9.99. The number of halogens is 3. The van der Waals surface area contributed by atoms with Crippen molar-refractivity contribution in [3.8, 4) is 11.5 Å². The molecule has 0 saturated carbocycles. The minimum atomic E-state index is -4.58. The molecule has 0 bridgehead atoms. The summed E-state index contributed by atoms with van der Waals surface area (Å²) in [4.78, 5) is 11.5. The number of hydrogen-bond donors (Lipinski definition) is 1. The Morgan fingerprint density at radius 1 is 1.08 bits per heavy atom. The Morgan fingerprint density at radius 3 is 2.50 bits per heavy atom. The van der Waals surface area contributed by atoms with Crippen molar-refractivity contribution in [2.24, 2.45) is 0 Å². The van der Waals surface area contributed by atoms with Gasteiger partial charge in [-0.1, -0.05) is 24.3 Å². The predicted molar refractivity (Wildman–Crippen MR) is 79.5 cm³/mol. The fourth-order valence-electron chi connectivity index (χ4n) is 2.37. The molecule has 1 aliphatic heterocycles. The van der Waals surface area contributed by atoms with Crippen LogP contribution in [0.1, 0.15) is 16.7 Å². The Kier molecular flexibility index (Phi) is 3.92. The van der Waals surface area contributed by atoms with Gasteiger partial charge in [0.25, 0.3) is 0 Å². The van der Waals surface area contributed by atoms with Gasteiger partial charge in [0.1, 0.15) is 0 Å². The number of carboxylic acids is 1. The summed E-state index contributed by atoms with van der Waals surface area (Å²) >= 11 is 0. The lowest BCUT2D eigenvalue weighted by molar-refractivity contribution is -0.137. The monoisotopic (exact) mass is 336 g/mol. The number of fused-ring (bicyclic) bond motifs is 1. The summed E-state index contributed by atoms with van der Waals surface area (Å²) in [5.41, 5.74) is -1.17. The lowest BCUT2D eigenvalue weighted by Crippen LogP contribution is -2.08. The van der Waals surface area contributed by atoms with Gasteiger partial charge in [-0.15, -0.1) is 0 Å². The molecule has 0 fully saturated rings. The van der Waals surface area contributed by atoms with Crippen LogP contribution in [0.25, 0.3) is 11.6 Å². The predicted octanol–water partition coefficient (Wildman–Crippen LogP) is 4.06. The Morgan fingerprint density at radius 2 is 1.79 bits per heavy atom. The van der Waals surface area contributed by atoms with Crippen LogP contribution in [0.5, 0.6) is 11.5 Å². The van der Waals surface area contributed by atoms with Gasteiger partial charge in [-0.3, -0.25) is 0 Å². The van der Waals surface area contributed by atoms with Crippen molar-refractivity contribution in [3.63, 3.8) is 0 Å². The summed E-state index contributed by atoms with van der Waals surface area (Å²) in [7, 11) is 0. The zero-order chi connectivity index (χ0) is 17.3. The van der Waals surface area contributed by atoms with Crippen LogP contribution in [0.4, 0.5) is 13.2 Å². The Hall–Kier alpha value is -2.96. The number of carboxylic acid groups (broad SMARTS) is 1. The van der Waals surface area contributed by atoms with E-state index in [9.17, 15) is 23.1 Å². The molecule has 1 N–H and O–H groups in total. The number of carbonyl (C=O) groups is 1. The molecule has 4 nitrogen and oxygen atoms in total. The molecule has 0 aliphatic carbocycles. The van der Waals surface area contributed by atoms with Gasteiger partial charge >= 0.3 is 12.1 Å². The molecule has 124 valence electrons. The van der Waals surface area contributed by atoms with E-state index in [1.54, 1.807) is 0 Å². The van der Waals surface area contributed by atoms with Gasteiger partial charge in [-0.25, -0.2) is 4.79 Å². The molecular formula is C17H11F3O4. The maximum absolute atomic E-state index is 13.1. The van der Waals surface area contributed by atoms with Crippen molar-refractivity contribution in [1.29, 1.82) is 0 Å². The lowest BCUT2D eigenvalue weighted by Gasteiger charge is -2.11. The number of benzene rings is 2. The van der Waals surface area contributed by atoms with Crippen LogP contribution in [-0.4, -0.2) is 17.9 Å². The van der Waals surface area contributed by atoms with Crippen LogP contribution >= 0.6 is 0 Å². The standard InChI is InChI=1S/C17H11F3O4/c18-17(19,20)13-4-2-1-3-11(13)7-12(16(21)22)10-5-6-14-15(8-10)24-9-23-14/h1-8H,9H2,(H,21,22)/b12-7-. The van der Waals surface area contributed by atoms with E-state index in [4.69, 9.17) is 9.47 Å². The highest BCUT2D eigenvalue weighted by atomic mass is 19.4. The first-order valence-electron chi connectivity index (χ1n) is 6.87. The summed E-state index contributed by atoms with van der Waals surface area (Å²) in [5.74, 6) is -0.534. The fraction of sp³-hybridized carbons (Fsp3) is 0.118. The number of alkyl halides is 3.